The zero-order valence-electron chi connectivity index (χ0n) is 13.1. The number of sulfonamides is 1. The molecule has 0 aromatic heterocycles. The maximum atomic E-state index is 11.7. The van der Waals surface area contributed by atoms with Gasteiger partial charge >= 0.3 is 0 Å². The number of carbonyl (C=O) groups excluding carboxylic acids is 1. The summed E-state index contributed by atoms with van der Waals surface area (Å²) in [5.74, 6) is 0.0511. The first kappa shape index (κ1) is 17.5. The number of rotatable bonds is 6. The largest absolute Gasteiger partial charge is 0.356 e. The zero-order valence-corrected chi connectivity index (χ0v) is 13.9. The highest BCUT2D eigenvalue weighted by molar-refractivity contribution is 7.92. The number of anilines is 1. The highest BCUT2D eigenvalue weighted by Crippen LogP contribution is 2.13. The Bertz CT molecular complexity index is 572. The molecule has 21 heavy (non-hydrogen) atoms. The predicted molar refractivity (Wildman–Crippen MR) is 85.7 cm³/mol. The molecule has 0 aliphatic carbocycles. The summed E-state index contributed by atoms with van der Waals surface area (Å²) >= 11 is 0. The fourth-order valence-corrected chi connectivity index (χ4v) is 2.28. The Labute approximate surface area is 127 Å². The van der Waals surface area contributed by atoms with Crippen molar-refractivity contribution in [1.29, 1.82) is 0 Å². The SMILES string of the molecule is CC(C)(C)C(=O)NCCCc1ccc(NS(C)(=O)=O)cc1. The van der Waals surface area contributed by atoms with E-state index in [1.54, 1.807) is 12.1 Å². The number of hydrogen-bond donors (Lipinski definition) is 2. The number of amides is 1. The molecule has 1 aromatic carbocycles. The van der Waals surface area contributed by atoms with Crippen molar-refractivity contribution in [3.05, 3.63) is 29.8 Å². The van der Waals surface area contributed by atoms with Crippen molar-refractivity contribution < 1.29 is 13.2 Å². The average molecular weight is 312 g/mol. The second-order valence-electron chi connectivity index (χ2n) is 6.18. The minimum Gasteiger partial charge on any atom is -0.356 e. The summed E-state index contributed by atoms with van der Waals surface area (Å²) < 4.78 is 24.6. The second-order valence-corrected chi connectivity index (χ2v) is 7.93. The van der Waals surface area contributed by atoms with Crippen LogP contribution < -0.4 is 10.0 Å². The highest BCUT2D eigenvalue weighted by atomic mass is 32.2. The van der Waals surface area contributed by atoms with Gasteiger partial charge in [-0.1, -0.05) is 32.9 Å². The van der Waals surface area contributed by atoms with Gasteiger partial charge in [0.2, 0.25) is 15.9 Å². The summed E-state index contributed by atoms with van der Waals surface area (Å²) in [4.78, 5) is 11.7. The van der Waals surface area contributed by atoms with Gasteiger partial charge in [0.05, 0.1) is 6.26 Å². The van der Waals surface area contributed by atoms with Crippen LogP contribution in [0.1, 0.15) is 32.8 Å². The first-order valence-electron chi connectivity index (χ1n) is 6.93. The zero-order chi connectivity index (χ0) is 16.1. The lowest BCUT2D eigenvalue weighted by Crippen LogP contribution is -2.35. The van der Waals surface area contributed by atoms with Gasteiger partial charge in [-0.25, -0.2) is 8.42 Å². The third kappa shape index (κ3) is 7.13. The minimum absolute atomic E-state index is 0.0511. The Hall–Kier alpha value is -1.56. The monoisotopic (exact) mass is 312 g/mol. The van der Waals surface area contributed by atoms with E-state index < -0.39 is 10.0 Å². The Morgan fingerprint density at radius 2 is 1.71 bits per heavy atom. The van der Waals surface area contributed by atoms with Crippen molar-refractivity contribution in [1.82, 2.24) is 5.32 Å². The van der Waals surface area contributed by atoms with Crippen LogP contribution in [0.4, 0.5) is 5.69 Å². The van der Waals surface area contributed by atoms with Crippen LogP contribution >= 0.6 is 0 Å². The molecule has 0 unspecified atom stereocenters. The Kier molecular flexibility index (Phi) is 5.78. The van der Waals surface area contributed by atoms with Crippen molar-refractivity contribution >= 4 is 21.6 Å². The van der Waals surface area contributed by atoms with Gasteiger partial charge in [0, 0.05) is 17.6 Å². The summed E-state index contributed by atoms with van der Waals surface area (Å²) in [5.41, 5.74) is 1.31. The molecule has 118 valence electrons. The fourth-order valence-electron chi connectivity index (χ4n) is 1.71. The van der Waals surface area contributed by atoms with Gasteiger partial charge in [-0.2, -0.15) is 0 Å². The maximum Gasteiger partial charge on any atom is 0.229 e. The topological polar surface area (TPSA) is 75.3 Å². The number of aryl methyl sites for hydroxylation is 1. The van der Waals surface area contributed by atoms with E-state index in [2.05, 4.69) is 10.0 Å². The van der Waals surface area contributed by atoms with E-state index in [-0.39, 0.29) is 11.3 Å². The van der Waals surface area contributed by atoms with E-state index in [1.807, 2.05) is 32.9 Å². The van der Waals surface area contributed by atoms with E-state index in [0.29, 0.717) is 12.2 Å². The highest BCUT2D eigenvalue weighted by Gasteiger charge is 2.20. The van der Waals surface area contributed by atoms with Crippen molar-refractivity contribution in [2.45, 2.75) is 33.6 Å². The van der Waals surface area contributed by atoms with Crippen LogP contribution in [0, 0.1) is 5.41 Å². The lowest BCUT2D eigenvalue weighted by Gasteiger charge is -2.17. The van der Waals surface area contributed by atoms with Crippen molar-refractivity contribution in [3.8, 4) is 0 Å². The second kappa shape index (κ2) is 6.93. The standard InChI is InChI=1S/C15H24N2O3S/c1-15(2,3)14(18)16-11-5-6-12-7-9-13(10-8-12)17-21(4,19)20/h7-10,17H,5-6,11H2,1-4H3,(H,16,18). The normalized spacial score (nSPS) is 12.0. The van der Waals surface area contributed by atoms with Gasteiger partial charge in [-0.3, -0.25) is 9.52 Å². The molecule has 0 saturated heterocycles. The Morgan fingerprint density at radius 3 is 2.19 bits per heavy atom. The van der Waals surface area contributed by atoms with E-state index in [9.17, 15) is 13.2 Å². The smallest absolute Gasteiger partial charge is 0.229 e. The minimum atomic E-state index is -3.23. The van der Waals surface area contributed by atoms with Gasteiger partial charge < -0.3 is 5.32 Å². The molecule has 0 aliphatic rings. The summed E-state index contributed by atoms with van der Waals surface area (Å²) in [6.45, 7) is 6.29. The number of carbonyl (C=O) groups is 1. The van der Waals surface area contributed by atoms with Crippen molar-refractivity contribution in [2.24, 2.45) is 5.41 Å². The molecule has 0 spiro atoms. The summed E-state index contributed by atoms with van der Waals surface area (Å²) in [6, 6.07) is 7.26. The molecule has 5 nitrogen and oxygen atoms in total. The molecule has 0 atom stereocenters. The lowest BCUT2D eigenvalue weighted by molar-refractivity contribution is -0.128. The Balaban J connectivity index is 2.39. The molecule has 0 saturated carbocycles. The van der Waals surface area contributed by atoms with Gasteiger partial charge in [0.25, 0.3) is 0 Å². The molecule has 0 aliphatic heterocycles. The van der Waals surface area contributed by atoms with E-state index >= 15 is 0 Å². The van der Waals surface area contributed by atoms with Gasteiger partial charge in [0.1, 0.15) is 0 Å². The quantitative estimate of drug-likeness (QED) is 0.790. The van der Waals surface area contributed by atoms with Gasteiger partial charge in [-0.15, -0.1) is 0 Å². The molecule has 0 fully saturated rings. The van der Waals surface area contributed by atoms with Crippen LogP contribution in [0.3, 0.4) is 0 Å². The summed E-state index contributed by atoms with van der Waals surface area (Å²) in [6.07, 6.45) is 2.81. The van der Waals surface area contributed by atoms with Crippen LogP contribution in [-0.2, 0) is 21.2 Å². The molecule has 0 radical (unpaired) electrons. The molecule has 6 heteroatoms. The number of benzene rings is 1. The molecule has 1 rings (SSSR count). The summed E-state index contributed by atoms with van der Waals surface area (Å²) in [7, 11) is -3.23. The average Bonchev–Trinajstić information content (AvgIpc) is 2.33. The summed E-state index contributed by atoms with van der Waals surface area (Å²) in [5, 5.41) is 2.90. The van der Waals surface area contributed by atoms with Crippen molar-refractivity contribution in [3.63, 3.8) is 0 Å². The molecule has 0 heterocycles. The molecule has 0 bridgehead atoms. The van der Waals surface area contributed by atoms with Crippen LogP contribution in [0.2, 0.25) is 0 Å². The first-order chi connectivity index (χ1) is 9.58. The van der Waals surface area contributed by atoms with Crippen molar-refractivity contribution in [2.75, 3.05) is 17.5 Å². The lowest BCUT2D eigenvalue weighted by atomic mass is 9.95. The third-order valence-electron chi connectivity index (χ3n) is 2.87. The molecular formula is C15H24N2O3S. The molecular weight excluding hydrogens is 288 g/mol. The first-order valence-corrected chi connectivity index (χ1v) is 8.82. The van der Waals surface area contributed by atoms with Gasteiger partial charge in [-0.05, 0) is 30.5 Å². The van der Waals surface area contributed by atoms with Crippen LogP contribution in [0.25, 0.3) is 0 Å². The van der Waals surface area contributed by atoms with E-state index in [4.69, 9.17) is 0 Å². The molecule has 1 amide bonds. The molecule has 1 aromatic rings. The van der Waals surface area contributed by atoms with Crippen LogP contribution in [-0.4, -0.2) is 27.1 Å². The Morgan fingerprint density at radius 1 is 1.14 bits per heavy atom. The molecule has 2 N–H and O–H groups in total. The van der Waals surface area contributed by atoms with Crippen LogP contribution in [0.5, 0.6) is 0 Å². The third-order valence-corrected chi connectivity index (χ3v) is 3.47. The maximum absolute atomic E-state index is 11.7. The van der Waals surface area contributed by atoms with Crippen LogP contribution in [0.15, 0.2) is 24.3 Å². The predicted octanol–water partition coefficient (Wildman–Crippen LogP) is 2.15. The number of hydrogen-bond acceptors (Lipinski definition) is 3. The van der Waals surface area contributed by atoms with Gasteiger partial charge in [0.15, 0.2) is 0 Å². The van der Waals surface area contributed by atoms with E-state index in [0.717, 1.165) is 24.7 Å². The van der Waals surface area contributed by atoms with E-state index in [1.165, 1.54) is 0 Å². The number of nitrogens with one attached hydrogen (secondary N) is 2. The fraction of sp³-hybridized carbons (Fsp3) is 0.533.